The Hall–Kier alpha value is -4.46. The Morgan fingerprint density at radius 1 is 1.00 bits per heavy atom. The Morgan fingerprint density at radius 2 is 1.69 bits per heavy atom. The van der Waals surface area contributed by atoms with Crippen molar-refractivity contribution in [3.8, 4) is 5.75 Å². The molecule has 5 rings (SSSR count). The van der Waals surface area contributed by atoms with Gasteiger partial charge in [0.15, 0.2) is 5.65 Å². The van der Waals surface area contributed by atoms with Crippen molar-refractivity contribution in [1.29, 1.82) is 0 Å². The number of rotatable bonds is 7. The van der Waals surface area contributed by atoms with Gasteiger partial charge >= 0.3 is 0 Å². The van der Waals surface area contributed by atoms with Crippen molar-refractivity contribution in [2.24, 2.45) is 0 Å². The molecule has 0 saturated carbocycles. The van der Waals surface area contributed by atoms with Gasteiger partial charge in [0.25, 0.3) is 5.91 Å². The van der Waals surface area contributed by atoms with E-state index in [-0.39, 0.29) is 29.7 Å². The number of hydrogen-bond donors (Lipinski definition) is 2. The molecule has 0 atom stereocenters. The summed E-state index contributed by atoms with van der Waals surface area (Å²) in [6.45, 7) is 0.660. The van der Waals surface area contributed by atoms with E-state index in [2.05, 4.69) is 5.32 Å². The van der Waals surface area contributed by atoms with Crippen LogP contribution in [-0.4, -0.2) is 34.1 Å². The minimum absolute atomic E-state index is 0.255. The Labute approximate surface area is 201 Å². The number of fused-ring (bicyclic) bond motifs is 2. The number of nitrogens with two attached hydrogens (primary N) is 1. The number of anilines is 1. The number of aromatic nitrogens is 3. The lowest BCUT2D eigenvalue weighted by atomic mass is 10.1. The van der Waals surface area contributed by atoms with Gasteiger partial charge in [0.2, 0.25) is 0 Å². The minimum Gasteiger partial charge on any atom is -0.497 e. The smallest absolute Gasteiger partial charge is 0.257 e. The molecule has 5 aromatic rings. The van der Waals surface area contributed by atoms with E-state index in [4.69, 9.17) is 20.4 Å². The highest BCUT2D eigenvalue weighted by Gasteiger charge is 2.24. The van der Waals surface area contributed by atoms with E-state index in [1.54, 1.807) is 29.9 Å². The van der Waals surface area contributed by atoms with Gasteiger partial charge in [-0.2, -0.15) is 0 Å². The molecule has 35 heavy (non-hydrogen) atoms. The fraction of sp³-hybridized carbons (Fsp3) is 0.148. The van der Waals surface area contributed by atoms with Crippen LogP contribution >= 0.6 is 0 Å². The lowest BCUT2D eigenvalue weighted by Crippen LogP contribution is -2.26. The number of ether oxygens (including phenoxy) is 1. The van der Waals surface area contributed by atoms with E-state index in [0.29, 0.717) is 40.7 Å². The van der Waals surface area contributed by atoms with Crippen LogP contribution in [0.3, 0.4) is 0 Å². The van der Waals surface area contributed by atoms with Gasteiger partial charge in [-0.1, -0.05) is 42.5 Å². The first-order valence-corrected chi connectivity index (χ1v) is 11.2. The zero-order valence-electron chi connectivity index (χ0n) is 19.2. The maximum Gasteiger partial charge on any atom is 0.257 e. The molecule has 2 heterocycles. The van der Waals surface area contributed by atoms with Crippen molar-refractivity contribution in [2.45, 2.75) is 13.0 Å². The first-order valence-electron chi connectivity index (χ1n) is 11.2. The summed E-state index contributed by atoms with van der Waals surface area (Å²) in [6.07, 6.45) is 0.359. The van der Waals surface area contributed by atoms with E-state index < -0.39 is 0 Å². The molecule has 0 fully saturated rings. The summed E-state index contributed by atoms with van der Waals surface area (Å²) in [5.41, 5.74) is 10.6. The fourth-order valence-corrected chi connectivity index (χ4v) is 4.11. The molecule has 176 valence electrons. The zero-order valence-corrected chi connectivity index (χ0v) is 19.2. The molecule has 0 aliphatic heterocycles. The second-order valence-corrected chi connectivity index (χ2v) is 8.18. The van der Waals surface area contributed by atoms with Gasteiger partial charge in [0, 0.05) is 6.54 Å². The molecule has 3 aromatic carbocycles. The molecule has 0 aliphatic carbocycles. The molecule has 0 radical (unpaired) electrons. The molecule has 0 aliphatic rings. The molecule has 0 bridgehead atoms. The number of halogens is 1. The van der Waals surface area contributed by atoms with Crippen molar-refractivity contribution in [3.05, 3.63) is 95.3 Å². The summed E-state index contributed by atoms with van der Waals surface area (Å²) in [6, 6.07) is 21.6. The Morgan fingerprint density at radius 3 is 2.40 bits per heavy atom. The zero-order chi connectivity index (χ0) is 24.4. The number of hydrogen-bond acceptors (Lipinski definition) is 5. The van der Waals surface area contributed by atoms with Gasteiger partial charge in [-0.25, -0.2) is 14.4 Å². The number of nitrogen functional groups attached to an aromatic ring is 1. The quantitative estimate of drug-likeness (QED) is 0.370. The molecule has 7 nitrogen and oxygen atoms in total. The van der Waals surface area contributed by atoms with Gasteiger partial charge in [-0.3, -0.25) is 4.79 Å². The second kappa shape index (κ2) is 9.42. The fourth-order valence-electron chi connectivity index (χ4n) is 4.11. The molecule has 0 unspecified atom stereocenters. The Bertz CT molecular complexity index is 1530. The van der Waals surface area contributed by atoms with Crippen molar-refractivity contribution >= 4 is 33.9 Å². The summed E-state index contributed by atoms with van der Waals surface area (Å²) in [7, 11) is 1.62. The van der Waals surface area contributed by atoms with Gasteiger partial charge < -0.3 is 20.4 Å². The highest BCUT2D eigenvalue weighted by Crippen LogP contribution is 2.29. The van der Waals surface area contributed by atoms with Crippen LogP contribution in [0.5, 0.6) is 5.75 Å². The van der Waals surface area contributed by atoms with Crippen molar-refractivity contribution < 1.29 is 13.9 Å². The highest BCUT2D eigenvalue weighted by atomic mass is 19.1. The number of amides is 1. The molecular formula is C27H24FN5O2. The van der Waals surface area contributed by atoms with E-state index in [1.165, 1.54) is 6.07 Å². The lowest BCUT2D eigenvalue weighted by Gasteiger charge is -2.09. The van der Waals surface area contributed by atoms with Gasteiger partial charge in [0.1, 0.15) is 28.5 Å². The summed E-state index contributed by atoms with van der Waals surface area (Å²) >= 11 is 0. The van der Waals surface area contributed by atoms with Gasteiger partial charge in [-0.15, -0.1) is 0 Å². The van der Waals surface area contributed by atoms with Gasteiger partial charge in [-0.05, 0) is 47.9 Å². The molecule has 3 N–H and O–H groups in total. The van der Waals surface area contributed by atoms with Crippen LogP contribution in [0.1, 0.15) is 21.5 Å². The third-order valence-corrected chi connectivity index (χ3v) is 5.96. The van der Waals surface area contributed by atoms with Crippen molar-refractivity contribution in [3.63, 3.8) is 0 Å². The Balaban J connectivity index is 1.51. The molecular weight excluding hydrogens is 445 g/mol. The van der Waals surface area contributed by atoms with Crippen molar-refractivity contribution in [1.82, 2.24) is 19.9 Å². The van der Waals surface area contributed by atoms with Crippen LogP contribution in [0.4, 0.5) is 10.2 Å². The number of para-hydroxylation sites is 2. The second-order valence-electron chi connectivity index (χ2n) is 8.18. The lowest BCUT2D eigenvalue weighted by molar-refractivity contribution is 0.0956. The topological polar surface area (TPSA) is 95.1 Å². The van der Waals surface area contributed by atoms with Crippen LogP contribution in [0.25, 0.3) is 22.2 Å². The summed E-state index contributed by atoms with van der Waals surface area (Å²) in [5, 5.41) is 2.86. The molecule has 8 heteroatoms. The van der Waals surface area contributed by atoms with E-state index >= 15 is 0 Å². The number of nitrogens with zero attached hydrogens (tertiary/aromatic N) is 3. The van der Waals surface area contributed by atoms with Crippen LogP contribution in [-0.2, 0) is 13.0 Å². The van der Waals surface area contributed by atoms with E-state index in [1.807, 2.05) is 48.5 Å². The van der Waals surface area contributed by atoms with E-state index in [0.717, 1.165) is 11.3 Å². The Kier molecular flexibility index (Phi) is 6.01. The first-order chi connectivity index (χ1) is 17.0. The average Bonchev–Trinajstić information content (AvgIpc) is 3.14. The number of carbonyl (C=O) groups is 1. The minimum atomic E-state index is -0.373. The van der Waals surface area contributed by atoms with Crippen molar-refractivity contribution in [2.75, 3.05) is 19.4 Å². The maximum absolute atomic E-state index is 14.0. The highest BCUT2D eigenvalue weighted by molar-refractivity contribution is 6.10. The number of benzene rings is 3. The predicted molar refractivity (Wildman–Crippen MR) is 134 cm³/mol. The first kappa shape index (κ1) is 22.3. The molecule has 0 saturated heterocycles. The third kappa shape index (κ3) is 4.38. The van der Waals surface area contributed by atoms with Crippen LogP contribution in [0, 0.1) is 5.82 Å². The summed E-state index contributed by atoms with van der Waals surface area (Å²) in [5.74, 6) is 0.353. The van der Waals surface area contributed by atoms with E-state index in [9.17, 15) is 9.18 Å². The normalized spacial score (nSPS) is 11.1. The summed E-state index contributed by atoms with van der Waals surface area (Å²) in [4.78, 5) is 22.8. The SMILES string of the molecule is COc1ccc(Cn2c(N)c(C(=O)NCCc3ccccc3F)c3nc4ccccc4nc32)cc1. The predicted octanol–water partition coefficient (Wildman–Crippen LogP) is 4.34. The number of methoxy groups -OCH3 is 1. The average molecular weight is 470 g/mol. The number of carbonyl (C=O) groups excluding carboxylic acids is 1. The largest absolute Gasteiger partial charge is 0.497 e. The maximum atomic E-state index is 14.0. The van der Waals surface area contributed by atoms with Crippen LogP contribution in [0.15, 0.2) is 72.8 Å². The van der Waals surface area contributed by atoms with Crippen LogP contribution < -0.4 is 15.8 Å². The third-order valence-electron chi connectivity index (χ3n) is 5.96. The van der Waals surface area contributed by atoms with Crippen LogP contribution in [0.2, 0.25) is 0 Å². The van der Waals surface area contributed by atoms with Gasteiger partial charge in [0.05, 0.1) is 24.7 Å². The molecule has 2 aromatic heterocycles. The summed E-state index contributed by atoms with van der Waals surface area (Å²) < 4.78 is 21.0. The molecule has 0 spiro atoms. The monoisotopic (exact) mass is 469 g/mol. The molecule has 1 amide bonds. The standard InChI is InChI=1S/C27H24FN5O2/c1-35-19-12-10-17(11-13-19)16-33-25(29)23(24-26(33)32-22-9-5-4-8-21(22)31-24)27(34)30-15-14-18-6-2-3-7-20(18)28/h2-13H,14-16,29H2,1H3,(H,30,34). The number of nitrogens with one attached hydrogen (secondary N) is 1.